The topological polar surface area (TPSA) is 84.3 Å². The van der Waals surface area contributed by atoms with E-state index in [4.69, 9.17) is 0 Å². The van der Waals surface area contributed by atoms with Gasteiger partial charge >= 0.3 is 0 Å². The number of nitro groups is 1. The molecule has 0 spiro atoms. The molecule has 0 saturated carbocycles. The quantitative estimate of drug-likeness (QED) is 0.645. The molecule has 1 aromatic rings. The SMILES string of the molecule is O=C1NCCCC1Nc1c([N+](=O)[O-])ccc(F)c1F. The van der Waals surface area contributed by atoms with Gasteiger partial charge in [-0.3, -0.25) is 14.9 Å². The van der Waals surface area contributed by atoms with Gasteiger partial charge in [-0.1, -0.05) is 0 Å². The molecule has 2 N–H and O–H groups in total. The monoisotopic (exact) mass is 271 g/mol. The Morgan fingerprint density at radius 1 is 1.42 bits per heavy atom. The van der Waals surface area contributed by atoms with Crippen LogP contribution >= 0.6 is 0 Å². The van der Waals surface area contributed by atoms with E-state index >= 15 is 0 Å². The van der Waals surface area contributed by atoms with E-state index < -0.39 is 34.0 Å². The summed E-state index contributed by atoms with van der Waals surface area (Å²) < 4.78 is 26.8. The van der Waals surface area contributed by atoms with Crippen LogP contribution in [0.15, 0.2) is 12.1 Å². The fourth-order valence-corrected chi connectivity index (χ4v) is 1.91. The summed E-state index contributed by atoms with van der Waals surface area (Å²) in [6.45, 7) is 0.505. The second-order valence-corrected chi connectivity index (χ2v) is 4.14. The average Bonchev–Trinajstić information content (AvgIpc) is 2.37. The molecule has 19 heavy (non-hydrogen) atoms. The predicted molar refractivity (Wildman–Crippen MR) is 62.7 cm³/mol. The van der Waals surface area contributed by atoms with E-state index in [1.165, 1.54) is 0 Å². The lowest BCUT2D eigenvalue weighted by atomic mass is 10.1. The summed E-state index contributed by atoms with van der Waals surface area (Å²) in [6.07, 6.45) is 1.06. The molecule has 1 saturated heterocycles. The van der Waals surface area contributed by atoms with Crippen LogP contribution in [0.4, 0.5) is 20.2 Å². The van der Waals surface area contributed by atoms with Gasteiger partial charge in [-0.2, -0.15) is 0 Å². The third-order valence-electron chi connectivity index (χ3n) is 2.87. The van der Waals surface area contributed by atoms with Crippen LogP contribution < -0.4 is 10.6 Å². The van der Waals surface area contributed by atoms with E-state index in [9.17, 15) is 23.7 Å². The van der Waals surface area contributed by atoms with Gasteiger partial charge in [0.05, 0.1) is 4.92 Å². The second-order valence-electron chi connectivity index (χ2n) is 4.14. The summed E-state index contributed by atoms with van der Waals surface area (Å²) in [6, 6.07) is 0.741. The number of benzene rings is 1. The summed E-state index contributed by atoms with van der Waals surface area (Å²) in [4.78, 5) is 21.5. The Hall–Kier alpha value is -2.25. The minimum Gasteiger partial charge on any atom is -0.366 e. The van der Waals surface area contributed by atoms with Crippen LogP contribution in [0.2, 0.25) is 0 Å². The van der Waals surface area contributed by atoms with Crippen molar-refractivity contribution in [3.63, 3.8) is 0 Å². The largest absolute Gasteiger partial charge is 0.366 e. The van der Waals surface area contributed by atoms with E-state index in [-0.39, 0.29) is 5.91 Å². The number of carbonyl (C=O) groups excluding carboxylic acids is 1. The highest BCUT2D eigenvalue weighted by Crippen LogP contribution is 2.30. The molecule has 1 aliphatic heterocycles. The first kappa shape index (κ1) is 13.2. The first-order valence-electron chi connectivity index (χ1n) is 5.67. The number of hydrogen-bond donors (Lipinski definition) is 2. The number of anilines is 1. The summed E-state index contributed by atoms with van der Waals surface area (Å²) in [5, 5.41) is 15.8. The Morgan fingerprint density at radius 3 is 2.79 bits per heavy atom. The minimum absolute atomic E-state index is 0.385. The molecule has 1 unspecified atom stereocenters. The predicted octanol–water partition coefficient (Wildman–Crippen LogP) is 1.56. The van der Waals surface area contributed by atoms with Crippen molar-refractivity contribution in [2.24, 2.45) is 0 Å². The molecule has 1 atom stereocenters. The zero-order valence-corrected chi connectivity index (χ0v) is 9.78. The number of nitrogens with zero attached hydrogens (tertiary/aromatic N) is 1. The van der Waals surface area contributed by atoms with Gasteiger partial charge in [0.2, 0.25) is 5.91 Å². The van der Waals surface area contributed by atoms with Gasteiger partial charge in [0.1, 0.15) is 6.04 Å². The van der Waals surface area contributed by atoms with E-state index in [0.29, 0.717) is 25.5 Å². The highest BCUT2D eigenvalue weighted by molar-refractivity contribution is 5.86. The minimum atomic E-state index is -1.35. The van der Waals surface area contributed by atoms with Crippen molar-refractivity contribution in [1.82, 2.24) is 5.32 Å². The average molecular weight is 271 g/mol. The standard InChI is InChI=1S/C11H11F2N3O3/c12-6-3-4-8(16(18)19)10(9(6)13)15-7-2-1-5-14-11(7)17/h3-4,7,15H,1-2,5H2,(H,14,17). The van der Waals surface area contributed by atoms with E-state index in [2.05, 4.69) is 10.6 Å². The molecule has 0 aliphatic carbocycles. The molecular weight excluding hydrogens is 260 g/mol. The van der Waals surface area contributed by atoms with E-state index in [0.717, 1.165) is 6.07 Å². The maximum atomic E-state index is 13.6. The smallest absolute Gasteiger partial charge is 0.295 e. The number of nitrogens with one attached hydrogen (secondary N) is 2. The van der Waals surface area contributed by atoms with Crippen LogP contribution in [-0.4, -0.2) is 23.4 Å². The van der Waals surface area contributed by atoms with Crippen LogP contribution in [0.5, 0.6) is 0 Å². The van der Waals surface area contributed by atoms with Crippen molar-refractivity contribution in [1.29, 1.82) is 0 Å². The van der Waals surface area contributed by atoms with Crippen molar-refractivity contribution in [3.8, 4) is 0 Å². The number of amides is 1. The summed E-state index contributed by atoms with van der Waals surface area (Å²) in [5.74, 6) is -2.94. The molecule has 6 nitrogen and oxygen atoms in total. The van der Waals surface area contributed by atoms with Gasteiger partial charge in [0, 0.05) is 12.6 Å². The number of halogens is 2. The maximum absolute atomic E-state index is 13.6. The molecule has 8 heteroatoms. The number of carbonyl (C=O) groups is 1. The van der Waals surface area contributed by atoms with Crippen LogP contribution in [0.3, 0.4) is 0 Å². The van der Waals surface area contributed by atoms with E-state index in [1.54, 1.807) is 0 Å². The van der Waals surface area contributed by atoms with E-state index in [1.807, 2.05) is 0 Å². The van der Waals surface area contributed by atoms with Gasteiger partial charge in [0.15, 0.2) is 17.3 Å². The highest BCUT2D eigenvalue weighted by Gasteiger charge is 2.28. The lowest BCUT2D eigenvalue weighted by molar-refractivity contribution is -0.384. The number of nitro benzene ring substituents is 1. The number of rotatable bonds is 3. The molecular formula is C11H11F2N3O3. The highest BCUT2D eigenvalue weighted by atomic mass is 19.2. The maximum Gasteiger partial charge on any atom is 0.295 e. The summed E-state index contributed by atoms with van der Waals surface area (Å²) in [5.41, 5.74) is -1.19. The van der Waals surface area contributed by atoms with Gasteiger partial charge in [-0.05, 0) is 18.9 Å². The Bertz CT molecular complexity index is 536. The van der Waals surface area contributed by atoms with Crippen LogP contribution in [0.1, 0.15) is 12.8 Å². The summed E-state index contributed by atoms with van der Waals surface area (Å²) >= 11 is 0. The molecule has 1 heterocycles. The first-order valence-corrected chi connectivity index (χ1v) is 5.67. The molecule has 1 fully saturated rings. The van der Waals surface area contributed by atoms with Crippen molar-refractivity contribution < 1.29 is 18.5 Å². The van der Waals surface area contributed by atoms with Crippen molar-refractivity contribution in [2.45, 2.75) is 18.9 Å². The molecule has 102 valence electrons. The lowest BCUT2D eigenvalue weighted by Gasteiger charge is -2.23. The van der Waals surface area contributed by atoms with Gasteiger partial charge in [-0.25, -0.2) is 8.78 Å². The molecule has 1 amide bonds. The Balaban J connectivity index is 2.34. The van der Waals surface area contributed by atoms with Gasteiger partial charge in [0.25, 0.3) is 5.69 Å². The van der Waals surface area contributed by atoms with Gasteiger partial charge < -0.3 is 10.6 Å². The van der Waals surface area contributed by atoms with Crippen LogP contribution in [0, 0.1) is 21.7 Å². The van der Waals surface area contributed by atoms with Crippen molar-refractivity contribution in [2.75, 3.05) is 11.9 Å². The Kier molecular flexibility index (Phi) is 3.59. The lowest BCUT2D eigenvalue weighted by Crippen LogP contribution is -2.44. The zero-order valence-electron chi connectivity index (χ0n) is 9.78. The normalized spacial score (nSPS) is 18.8. The summed E-state index contributed by atoms with van der Waals surface area (Å²) in [7, 11) is 0. The second kappa shape index (κ2) is 5.17. The number of piperidine rings is 1. The first-order chi connectivity index (χ1) is 9.00. The van der Waals surface area contributed by atoms with Crippen molar-refractivity contribution in [3.05, 3.63) is 33.9 Å². The Morgan fingerprint density at radius 2 is 2.16 bits per heavy atom. The molecule has 1 aliphatic rings. The molecule has 0 radical (unpaired) electrons. The Labute approximate surface area is 106 Å². The molecule has 2 rings (SSSR count). The van der Waals surface area contributed by atoms with Gasteiger partial charge in [-0.15, -0.1) is 0 Å². The molecule has 1 aromatic carbocycles. The zero-order chi connectivity index (χ0) is 14.0. The molecule has 0 bridgehead atoms. The third-order valence-corrected chi connectivity index (χ3v) is 2.87. The third kappa shape index (κ3) is 2.61. The molecule has 0 aromatic heterocycles. The van der Waals surface area contributed by atoms with Crippen molar-refractivity contribution >= 4 is 17.3 Å². The van der Waals surface area contributed by atoms with Crippen LogP contribution in [-0.2, 0) is 4.79 Å². The fraction of sp³-hybridized carbons (Fsp3) is 0.364. The van der Waals surface area contributed by atoms with Crippen LogP contribution in [0.25, 0.3) is 0 Å². The fourth-order valence-electron chi connectivity index (χ4n) is 1.91. The number of hydrogen-bond acceptors (Lipinski definition) is 4.